The number of hydrogen-bond donors (Lipinski definition) is 0. The van der Waals surface area contributed by atoms with Crippen LogP contribution in [0.4, 0.5) is 13.2 Å². The lowest BCUT2D eigenvalue weighted by molar-refractivity contribution is -0.171. The number of benzene rings is 2. The Bertz CT molecular complexity index is 1370. The van der Waals surface area contributed by atoms with E-state index in [1.807, 2.05) is 73.3 Å². The van der Waals surface area contributed by atoms with E-state index in [-0.39, 0.29) is 18.9 Å². The lowest BCUT2D eigenvalue weighted by Gasteiger charge is -2.35. The van der Waals surface area contributed by atoms with E-state index in [1.165, 1.54) is 4.90 Å². The average Bonchev–Trinajstić information content (AvgIpc) is 3.65. The highest BCUT2D eigenvalue weighted by Crippen LogP contribution is 2.41. The molecule has 3 heterocycles. The van der Waals surface area contributed by atoms with Gasteiger partial charge >= 0.3 is 6.18 Å². The average molecular weight is 548 g/mol. The van der Waals surface area contributed by atoms with Crippen LogP contribution in [0.1, 0.15) is 43.9 Å². The van der Waals surface area contributed by atoms with E-state index in [0.717, 1.165) is 22.3 Å². The van der Waals surface area contributed by atoms with Gasteiger partial charge in [0.1, 0.15) is 6.04 Å². The van der Waals surface area contributed by atoms with E-state index in [9.17, 15) is 18.0 Å². The number of aliphatic imine (C=N–C) groups is 1. The van der Waals surface area contributed by atoms with E-state index in [4.69, 9.17) is 0 Å². The number of amides is 1. The summed E-state index contributed by atoms with van der Waals surface area (Å²) in [4.78, 5) is 30.6. The summed E-state index contributed by atoms with van der Waals surface area (Å²) < 4.78 is 41.9. The Kier molecular flexibility index (Phi) is 8.12. The van der Waals surface area contributed by atoms with E-state index >= 15 is 0 Å². The van der Waals surface area contributed by atoms with Crippen LogP contribution in [0.25, 0.3) is 17.0 Å². The molecule has 0 aliphatic carbocycles. The maximum atomic E-state index is 14.1. The number of likely N-dealkylation sites (tertiary alicyclic amines) is 1. The van der Waals surface area contributed by atoms with Crippen molar-refractivity contribution in [2.45, 2.75) is 44.9 Å². The standard InChI is InChI=1S/C31H32F3N5O/c1-3-38(4-2)28(22-9-6-5-7-10-22)30(40)39-20-25(31(32,33)34)18-27(39)26-17-24(19-37-26)21-11-13-23(14-12-21)29-35-15-8-16-36-29/h5-16,19,25,27-28H,3-4,17-18,20H2,1-2H3/t25?,27-,28-/m0/s1. The third-order valence-corrected chi connectivity index (χ3v) is 7.80. The van der Waals surface area contributed by atoms with Gasteiger partial charge in [-0.1, -0.05) is 68.4 Å². The highest BCUT2D eigenvalue weighted by molar-refractivity contribution is 6.03. The lowest BCUT2D eigenvalue weighted by Crippen LogP contribution is -2.47. The van der Waals surface area contributed by atoms with Gasteiger partial charge in [-0.25, -0.2) is 9.97 Å². The number of hydrogen-bond acceptors (Lipinski definition) is 5. The highest BCUT2D eigenvalue weighted by atomic mass is 19.4. The Morgan fingerprint density at radius 1 is 0.975 bits per heavy atom. The number of carbonyl (C=O) groups is 1. The second kappa shape index (κ2) is 11.7. The van der Waals surface area contributed by atoms with Crippen molar-refractivity contribution in [2.75, 3.05) is 19.6 Å². The number of aromatic nitrogens is 2. The van der Waals surface area contributed by atoms with E-state index in [1.54, 1.807) is 24.7 Å². The first-order chi connectivity index (χ1) is 19.3. The second-order valence-electron chi connectivity index (χ2n) is 10.1. The van der Waals surface area contributed by atoms with Gasteiger partial charge in [0.05, 0.1) is 12.0 Å². The maximum absolute atomic E-state index is 14.1. The van der Waals surface area contributed by atoms with Crippen LogP contribution in [-0.2, 0) is 4.79 Å². The minimum atomic E-state index is -4.39. The van der Waals surface area contributed by atoms with Gasteiger partial charge in [0, 0.05) is 42.8 Å². The van der Waals surface area contributed by atoms with Crippen LogP contribution in [0, 0.1) is 5.92 Å². The molecule has 1 fully saturated rings. The van der Waals surface area contributed by atoms with Gasteiger partial charge in [-0.2, -0.15) is 13.2 Å². The molecule has 3 aromatic rings. The number of allylic oxidation sites excluding steroid dienone is 1. The summed E-state index contributed by atoms with van der Waals surface area (Å²) in [5.41, 5.74) is 4.07. The molecule has 2 aliphatic rings. The normalized spacial score (nSPS) is 20.0. The molecular weight excluding hydrogens is 515 g/mol. The number of carbonyl (C=O) groups excluding carboxylic acids is 1. The van der Waals surface area contributed by atoms with Crippen molar-refractivity contribution in [3.05, 3.63) is 90.4 Å². The fraction of sp³-hybridized carbons (Fsp3) is 0.355. The molecule has 5 rings (SSSR count). The molecule has 0 spiro atoms. The van der Waals surface area contributed by atoms with Crippen LogP contribution < -0.4 is 0 Å². The van der Waals surface area contributed by atoms with Gasteiger partial charge in [0.2, 0.25) is 5.91 Å². The van der Waals surface area contributed by atoms with Crippen LogP contribution in [0.2, 0.25) is 0 Å². The van der Waals surface area contributed by atoms with Crippen LogP contribution >= 0.6 is 0 Å². The molecule has 2 aliphatic heterocycles. The number of nitrogens with zero attached hydrogens (tertiary/aromatic N) is 5. The summed E-state index contributed by atoms with van der Waals surface area (Å²) in [6.45, 7) is 4.75. The van der Waals surface area contributed by atoms with Gasteiger partial charge < -0.3 is 4.90 Å². The van der Waals surface area contributed by atoms with Crippen molar-refractivity contribution < 1.29 is 18.0 Å². The molecule has 6 nitrogen and oxygen atoms in total. The Morgan fingerprint density at radius 2 is 1.62 bits per heavy atom. The molecule has 2 aromatic carbocycles. The van der Waals surface area contributed by atoms with Gasteiger partial charge in [0.15, 0.2) is 5.82 Å². The number of alkyl halides is 3. The predicted octanol–water partition coefficient (Wildman–Crippen LogP) is 6.19. The van der Waals surface area contributed by atoms with E-state index in [0.29, 0.717) is 31.0 Å². The number of likely N-dealkylation sites (N-methyl/N-ethyl adjacent to an activating group) is 1. The van der Waals surface area contributed by atoms with Crippen LogP contribution in [-0.4, -0.2) is 63.2 Å². The quantitative estimate of drug-likeness (QED) is 0.337. The van der Waals surface area contributed by atoms with Crippen molar-refractivity contribution in [2.24, 2.45) is 10.9 Å². The molecule has 9 heteroatoms. The molecule has 1 unspecified atom stereocenters. The number of rotatable bonds is 8. The predicted molar refractivity (Wildman–Crippen MR) is 149 cm³/mol. The smallest absolute Gasteiger partial charge is 0.332 e. The monoisotopic (exact) mass is 547 g/mol. The molecule has 1 aromatic heterocycles. The summed E-state index contributed by atoms with van der Waals surface area (Å²) >= 11 is 0. The molecule has 40 heavy (non-hydrogen) atoms. The van der Waals surface area contributed by atoms with E-state index in [2.05, 4.69) is 15.0 Å². The number of halogens is 3. The van der Waals surface area contributed by atoms with Crippen molar-refractivity contribution >= 4 is 17.2 Å². The van der Waals surface area contributed by atoms with Crippen LogP contribution in [0.3, 0.4) is 0 Å². The fourth-order valence-electron chi connectivity index (χ4n) is 5.63. The molecule has 0 saturated carbocycles. The Labute approximate surface area is 232 Å². The molecule has 1 amide bonds. The van der Waals surface area contributed by atoms with Gasteiger partial charge in [-0.3, -0.25) is 14.7 Å². The zero-order valence-electron chi connectivity index (χ0n) is 22.6. The SMILES string of the molecule is CCN(CC)[C@H](C(=O)N1CC(C(F)(F)F)C[C@H]1C1=NC=C(c2ccc(-c3ncccn3)cc2)C1)c1ccccc1. The molecule has 0 N–H and O–H groups in total. The van der Waals surface area contributed by atoms with Gasteiger partial charge in [-0.05, 0) is 42.3 Å². The van der Waals surface area contributed by atoms with Crippen molar-refractivity contribution in [3.8, 4) is 11.4 Å². The molecule has 0 radical (unpaired) electrons. The zero-order valence-corrected chi connectivity index (χ0v) is 22.6. The largest absolute Gasteiger partial charge is 0.393 e. The Balaban J connectivity index is 1.39. The Morgan fingerprint density at radius 3 is 2.25 bits per heavy atom. The third-order valence-electron chi connectivity index (χ3n) is 7.80. The summed E-state index contributed by atoms with van der Waals surface area (Å²) in [6.07, 6.45) is 0.894. The summed E-state index contributed by atoms with van der Waals surface area (Å²) in [7, 11) is 0. The molecule has 208 valence electrons. The topological polar surface area (TPSA) is 61.7 Å². The lowest BCUT2D eigenvalue weighted by atomic mass is 9.95. The molecule has 0 bridgehead atoms. The van der Waals surface area contributed by atoms with Crippen molar-refractivity contribution in [1.29, 1.82) is 0 Å². The van der Waals surface area contributed by atoms with Crippen LogP contribution in [0.5, 0.6) is 0 Å². The van der Waals surface area contributed by atoms with E-state index < -0.39 is 24.2 Å². The highest BCUT2D eigenvalue weighted by Gasteiger charge is 2.51. The molecule has 1 saturated heterocycles. The summed E-state index contributed by atoms with van der Waals surface area (Å²) in [5.74, 6) is -1.28. The Hall–Kier alpha value is -3.85. The van der Waals surface area contributed by atoms with Crippen molar-refractivity contribution in [1.82, 2.24) is 19.8 Å². The molecular formula is C31H32F3N5O. The second-order valence-corrected chi connectivity index (χ2v) is 10.1. The fourth-order valence-corrected chi connectivity index (χ4v) is 5.63. The zero-order chi connectivity index (χ0) is 28.3. The summed E-state index contributed by atoms with van der Waals surface area (Å²) in [5, 5.41) is 0. The van der Waals surface area contributed by atoms with Gasteiger partial charge in [-0.15, -0.1) is 0 Å². The minimum Gasteiger partial charge on any atom is -0.332 e. The van der Waals surface area contributed by atoms with Crippen molar-refractivity contribution in [3.63, 3.8) is 0 Å². The third kappa shape index (κ3) is 5.70. The first-order valence-electron chi connectivity index (χ1n) is 13.6. The molecule has 3 atom stereocenters. The van der Waals surface area contributed by atoms with Crippen LogP contribution in [0.15, 0.2) is 84.2 Å². The first-order valence-corrected chi connectivity index (χ1v) is 13.6. The summed E-state index contributed by atoms with van der Waals surface area (Å²) in [6, 6.07) is 17.4. The minimum absolute atomic E-state index is 0.181. The van der Waals surface area contributed by atoms with Gasteiger partial charge in [0.25, 0.3) is 0 Å². The maximum Gasteiger partial charge on any atom is 0.393 e. The first kappa shape index (κ1) is 27.7.